The molecule has 2 heterocycles. The van der Waals surface area contributed by atoms with E-state index in [2.05, 4.69) is 40.7 Å². The van der Waals surface area contributed by atoms with Crippen LogP contribution in [-0.2, 0) is 12.1 Å². The Balaban J connectivity index is 1.81. The highest BCUT2D eigenvalue weighted by atomic mass is 32.2. The number of anilines is 1. The van der Waals surface area contributed by atoms with Crippen LogP contribution in [-0.4, -0.2) is 47.9 Å². The van der Waals surface area contributed by atoms with Crippen molar-refractivity contribution in [3.05, 3.63) is 53.6 Å². The van der Waals surface area contributed by atoms with E-state index < -0.39 is 5.72 Å². The summed E-state index contributed by atoms with van der Waals surface area (Å²) in [5.41, 5.74) is 1.92. The molecule has 6 heteroatoms. The molecule has 0 amide bonds. The molecule has 0 saturated heterocycles. The Morgan fingerprint density at radius 2 is 1.86 bits per heavy atom. The third kappa shape index (κ3) is 3.14. The molecule has 0 saturated carbocycles. The van der Waals surface area contributed by atoms with Crippen LogP contribution in [0.1, 0.15) is 24.5 Å². The van der Waals surface area contributed by atoms with E-state index in [-0.39, 0.29) is 0 Å². The van der Waals surface area contributed by atoms with Gasteiger partial charge in [-0.3, -0.25) is 0 Å². The summed E-state index contributed by atoms with van der Waals surface area (Å²) in [6.07, 6.45) is 2.12. The number of aryl methyl sites for hydroxylation is 1. The van der Waals surface area contributed by atoms with Gasteiger partial charge in [-0.2, -0.15) is 4.90 Å². The number of rotatable bonds is 5. The van der Waals surface area contributed by atoms with Crippen LogP contribution in [0.15, 0.2) is 42.5 Å². The maximum atomic E-state index is 12.0. The predicted molar refractivity (Wildman–Crippen MR) is 114 cm³/mol. The van der Waals surface area contributed by atoms with Crippen molar-refractivity contribution in [1.29, 1.82) is 0 Å². The summed E-state index contributed by atoms with van der Waals surface area (Å²) in [5.74, 6) is 2.35. The molecular formula is C22H27N2O3S+. The third-order valence-electron chi connectivity index (χ3n) is 5.50. The topological polar surface area (TPSA) is 44.9 Å². The van der Waals surface area contributed by atoms with Gasteiger partial charge in [-0.15, -0.1) is 0 Å². The van der Waals surface area contributed by atoms with E-state index in [9.17, 15) is 5.11 Å². The summed E-state index contributed by atoms with van der Waals surface area (Å²) < 4.78 is 13.2. The highest BCUT2D eigenvalue weighted by molar-refractivity contribution is 8.14. The lowest BCUT2D eigenvalue weighted by Gasteiger charge is -2.29. The quantitative estimate of drug-likeness (QED) is 0.781. The van der Waals surface area contributed by atoms with Gasteiger partial charge < -0.3 is 14.6 Å². The van der Waals surface area contributed by atoms with Gasteiger partial charge in [0.25, 0.3) is 5.72 Å². The van der Waals surface area contributed by atoms with Crippen molar-refractivity contribution in [1.82, 2.24) is 0 Å². The van der Waals surface area contributed by atoms with Crippen LogP contribution in [0.5, 0.6) is 11.5 Å². The monoisotopic (exact) mass is 399 g/mol. The number of hydrogen-bond donors (Lipinski definition) is 1. The molecule has 28 heavy (non-hydrogen) atoms. The molecule has 0 aromatic heterocycles. The first-order valence-electron chi connectivity index (χ1n) is 9.69. The third-order valence-corrected chi connectivity index (χ3v) is 6.69. The minimum absolute atomic E-state index is 0.528. The molecule has 2 aliphatic rings. The predicted octanol–water partition coefficient (Wildman–Crippen LogP) is 3.44. The largest absolute Gasteiger partial charge is 0.493 e. The Morgan fingerprint density at radius 1 is 1.11 bits per heavy atom. The standard InChI is InChI=1S/C22H27N2O3S/c1-4-16-6-9-18(10-7-16)24-21-23(12-5-13-28-21)15-22(24,25)17-8-11-19(26-2)20(14-17)27-3/h6-11,14,25H,4-5,12-13,15H2,1-3H3/q+1. The van der Waals surface area contributed by atoms with Crippen molar-refractivity contribution in [3.63, 3.8) is 0 Å². The smallest absolute Gasteiger partial charge is 0.316 e. The van der Waals surface area contributed by atoms with Gasteiger partial charge in [0.2, 0.25) is 0 Å². The number of ether oxygens (including phenoxy) is 2. The van der Waals surface area contributed by atoms with E-state index in [1.54, 1.807) is 14.2 Å². The lowest BCUT2D eigenvalue weighted by Crippen LogP contribution is -2.46. The molecule has 0 fully saturated rings. The van der Waals surface area contributed by atoms with E-state index in [1.807, 2.05) is 30.0 Å². The first kappa shape index (κ1) is 19.2. The first-order valence-corrected chi connectivity index (χ1v) is 10.7. The molecule has 0 spiro atoms. The normalized spacial score (nSPS) is 21.6. The minimum atomic E-state index is -1.17. The molecule has 4 rings (SSSR count). The zero-order valence-electron chi connectivity index (χ0n) is 16.6. The number of aliphatic hydroxyl groups is 1. The second kappa shape index (κ2) is 7.68. The number of thioether (sulfide) groups is 1. The zero-order chi connectivity index (χ0) is 19.7. The molecular weight excluding hydrogens is 372 g/mol. The van der Waals surface area contributed by atoms with Crippen molar-refractivity contribution in [2.45, 2.75) is 25.5 Å². The Hall–Kier alpha value is -2.18. The Kier molecular flexibility index (Phi) is 5.25. The molecule has 2 aromatic rings. The number of nitrogens with zero attached hydrogens (tertiary/aromatic N) is 2. The number of methoxy groups -OCH3 is 2. The first-order chi connectivity index (χ1) is 13.6. The molecule has 2 aromatic carbocycles. The van der Waals surface area contributed by atoms with E-state index in [4.69, 9.17) is 9.47 Å². The summed E-state index contributed by atoms with van der Waals surface area (Å²) in [7, 11) is 3.24. The molecule has 1 atom stereocenters. The fraction of sp³-hybridized carbons (Fsp3) is 0.409. The van der Waals surface area contributed by atoms with Crippen molar-refractivity contribution in [2.75, 3.05) is 38.0 Å². The number of amidine groups is 1. The van der Waals surface area contributed by atoms with Crippen LogP contribution in [0.4, 0.5) is 5.69 Å². The molecule has 0 aliphatic carbocycles. The van der Waals surface area contributed by atoms with Gasteiger partial charge in [0.05, 0.1) is 20.8 Å². The highest BCUT2D eigenvalue weighted by Gasteiger charge is 2.55. The van der Waals surface area contributed by atoms with Gasteiger partial charge in [-0.1, -0.05) is 19.1 Å². The average Bonchev–Trinajstić information content (AvgIpc) is 3.06. The van der Waals surface area contributed by atoms with Gasteiger partial charge >= 0.3 is 5.17 Å². The Labute approximate surface area is 170 Å². The van der Waals surface area contributed by atoms with Gasteiger partial charge in [-0.05, 0) is 60.5 Å². The van der Waals surface area contributed by atoms with Crippen LogP contribution in [0.25, 0.3) is 0 Å². The number of benzene rings is 2. The van der Waals surface area contributed by atoms with Gasteiger partial charge in [0.15, 0.2) is 18.0 Å². The van der Waals surface area contributed by atoms with Crippen molar-refractivity contribution in [3.8, 4) is 11.5 Å². The fourth-order valence-corrected chi connectivity index (χ4v) is 5.14. The Morgan fingerprint density at radius 3 is 2.54 bits per heavy atom. The minimum Gasteiger partial charge on any atom is -0.493 e. The summed E-state index contributed by atoms with van der Waals surface area (Å²) in [6.45, 7) is 3.64. The lowest BCUT2D eigenvalue weighted by molar-refractivity contribution is -0.532. The number of hydrogen-bond acceptors (Lipinski definition) is 5. The molecule has 1 unspecified atom stereocenters. The Bertz CT molecular complexity index is 897. The van der Waals surface area contributed by atoms with E-state index >= 15 is 0 Å². The van der Waals surface area contributed by atoms with Crippen LogP contribution < -0.4 is 14.4 Å². The van der Waals surface area contributed by atoms with Crippen LogP contribution in [0.3, 0.4) is 0 Å². The summed E-state index contributed by atoms with van der Waals surface area (Å²) in [6, 6.07) is 14.2. The molecule has 0 radical (unpaired) electrons. The summed E-state index contributed by atoms with van der Waals surface area (Å²) in [4.78, 5) is 2.08. The maximum absolute atomic E-state index is 12.0. The van der Waals surface area contributed by atoms with Gasteiger partial charge in [0, 0.05) is 11.3 Å². The molecule has 0 bridgehead atoms. The van der Waals surface area contributed by atoms with E-state index in [0.717, 1.165) is 41.6 Å². The summed E-state index contributed by atoms with van der Waals surface area (Å²) in [5, 5.41) is 13.1. The highest BCUT2D eigenvalue weighted by Crippen LogP contribution is 2.42. The molecule has 148 valence electrons. The second-order valence-corrected chi connectivity index (χ2v) is 8.21. The molecule has 2 aliphatic heterocycles. The SMILES string of the molecule is CCc1ccc(N2C3=[N+](CCCS3)CC2(O)c2ccc(OC)c(OC)c2)cc1. The van der Waals surface area contributed by atoms with Crippen LogP contribution in [0, 0.1) is 0 Å². The lowest BCUT2D eigenvalue weighted by atomic mass is 10.00. The van der Waals surface area contributed by atoms with Crippen LogP contribution >= 0.6 is 11.8 Å². The molecule has 5 nitrogen and oxygen atoms in total. The van der Waals surface area contributed by atoms with Crippen molar-refractivity contribution < 1.29 is 19.2 Å². The van der Waals surface area contributed by atoms with Crippen molar-refractivity contribution in [2.24, 2.45) is 0 Å². The average molecular weight is 400 g/mol. The zero-order valence-corrected chi connectivity index (χ0v) is 17.5. The maximum Gasteiger partial charge on any atom is 0.316 e. The van der Waals surface area contributed by atoms with E-state index in [0.29, 0.717) is 18.0 Å². The summed E-state index contributed by atoms with van der Waals surface area (Å²) >= 11 is 1.81. The molecule has 1 N–H and O–H groups in total. The van der Waals surface area contributed by atoms with Crippen molar-refractivity contribution >= 4 is 22.6 Å². The fourth-order valence-electron chi connectivity index (χ4n) is 3.96. The van der Waals surface area contributed by atoms with Gasteiger partial charge in [-0.25, -0.2) is 4.58 Å². The second-order valence-electron chi connectivity index (χ2n) is 7.15. The van der Waals surface area contributed by atoms with Crippen LogP contribution in [0.2, 0.25) is 0 Å². The van der Waals surface area contributed by atoms with Gasteiger partial charge in [0.1, 0.15) is 5.69 Å². The van der Waals surface area contributed by atoms with E-state index in [1.165, 1.54) is 5.56 Å².